The molecule has 1 nitrogen and oxygen atoms in total. The molecule has 15 heavy (non-hydrogen) atoms. The molecule has 0 saturated heterocycles. The fraction of sp³-hybridized carbons (Fsp3) is 0.462. The van der Waals surface area contributed by atoms with Crippen LogP contribution in [0, 0.1) is 12.8 Å². The molecule has 0 aromatic heterocycles. The Labute approximate surface area is 100 Å². The first-order valence-corrected chi connectivity index (χ1v) is 6.20. The first-order chi connectivity index (χ1) is 7.11. The second-order valence-corrected chi connectivity index (χ2v) is 4.64. The zero-order chi connectivity index (χ0) is 11.4. The van der Waals surface area contributed by atoms with Crippen LogP contribution in [0.1, 0.15) is 42.6 Å². The van der Waals surface area contributed by atoms with Gasteiger partial charge in [-0.05, 0) is 31.4 Å². The smallest absolute Gasteiger partial charge is 0.166 e. The number of hydrogen-bond donors (Lipinski definition) is 0. The molecule has 0 aliphatic heterocycles. The van der Waals surface area contributed by atoms with Crippen molar-refractivity contribution in [1.82, 2.24) is 0 Å². The highest BCUT2D eigenvalue weighted by atomic mass is 79.9. The lowest BCUT2D eigenvalue weighted by atomic mass is 9.91. The molecule has 2 heteroatoms. The molecule has 1 aromatic carbocycles. The number of rotatable bonds is 4. The second-order valence-electron chi connectivity index (χ2n) is 3.79. The van der Waals surface area contributed by atoms with Gasteiger partial charge in [-0.2, -0.15) is 0 Å². The van der Waals surface area contributed by atoms with Crippen molar-refractivity contribution in [3.8, 4) is 0 Å². The van der Waals surface area contributed by atoms with Crippen molar-refractivity contribution in [3.05, 3.63) is 33.8 Å². The van der Waals surface area contributed by atoms with Gasteiger partial charge in [0.2, 0.25) is 0 Å². The second kappa shape index (κ2) is 5.45. The predicted molar refractivity (Wildman–Crippen MR) is 67.3 cm³/mol. The zero-order valence-electron chi connectivity index (χ0n) is 9.51. The SMILES string of the molecule is CCC(CC)C(=O)c1cccc(Br)c1C. The van der Waals surface area contributed by atoms with Crippen molar-refractivity contribution in [2.75, 3.05) is 0 Å². The minimum atomic E-state index is 0.165. The molecule has 0 saturated carbocycles. The number of carbonyl (C=O) groups excluding carboxylic acids is 1. The molecule has 0 bridgehead atoms. The van der Waals surface area contributed by atoms with E-state index in [1.807, 2.05) is 25.1 Å². The van der Waals surface area contributed by atoms with E-state index >= 15 is 0 Å². The van der Waals surface area contributed by atoms with E-state index < -0.39 is 0 Å². The van der Waals surface area contributed by atoms with Crippen LogP contribution < -0.4 is 0 Å². The molecule has 0 unspecified atom stereocenters. The maximum atomic E-state index is 12.2. The minimum Gasteiger partial charge on any atom is -0.294 e. The van der Waals surface area contributed by atoms with E-state index in [0.29, 0.717) is 0 Å². The lowest BCUT2D eigenvalue weighted by Crippen LogP contribution is -2.14. The summed E-state index contributed by atoms with van der Waals surface area (Å²) < 4.78 is 1.01. The van der Waals surface area contributed by atoms with Gasteiger partial charge in [0.15, 0.2) is 5.78 Å². The van der Waals surface area contributed by atoms with Crippen molar-refractivity contribution >= 4 is 21.7 Å². The Hall–Kier alpha value is -0.630. The molecule has 0 aliphatic carbocycles. The highest BCUT2D eigenvalue weighted by Crippen LogP contribution is 2.23. The van der Waals surface area contributed by atoms with Crippen LogP contribution in [0.25, 0.3) is 0 Å². The average molecular weight is 269 g/mol. The maximum absolute atomic E-state index is 12.2. The van der Waals surface area contributed by atoms with Gasteiger partial charge in [-0.1, -0.05) is 41.9 Å². The number of ketones is 1. The van der Waals surface area contributed by atoms with Crippen LogP contribution in [0.4, 0.5) is 0 Å². The molecule has 1 rings (SSSR count). The number of Topliss-reactive ketones (excluding diaryl/α,β-unsaturated/α-hetero) is 1. The molecule has 0 spiro atoms. The average Bonchev–Trinajstić information content (AvgIpc) is 2.23. The Morgan fingerprint density at radius 1 is 1.33 bits per heavy atom. The lowest BCUT2D eigenvalue weighted by molar-refractivity contribution is 0.0912. The van der Waals surface area contributed by atoms with Crippen LogP contribution >= 0.6 is 15.9 Å². The monoisotopic (exact) mass is 268 g/mol. The first kappa shape index (κ1) is 12.4. The van der Waals surface area contributed by atoms with Gasteiger partial charge in [0.1, 0.15) is 0 Å². The normalized spacial score (nSPS) is 10.7. The molecule has 0 heterocycles. The summed E-state index contributed by atoms with van der Waals surface area (Å²) in [6, 6.07) is 5.81. The minimum absolute atomic E-state index is 0.165. The van der Waals surface area contributed by atoms with Crippen molar-refractivity contribution in [3.63, 3.8) is 0 Å². The lowest BCUT2D eigenvalue weighted by Gasteiger charge is -2.13. The third-order valence-electron chi connectivity index (χ3n) is 2.89. The van der Waals surface area contributed by atoms with E-state index in [0.717, 1.165) is 28.4 Å². The largest absolute Gasteiger partial charge is 0.294 e. The Morgan fingerprint density at radius 3 is 2.47 bits per heavy atom. The summed E-state index contributed by atoms with van der Waals surface area (Å²) in [7, 11) is 0. The van der Waals surface area contributed by atoms with Crippen molar-refractivity contribution in [1.29, 1.82) is 0 Å². The van der Waals surface area contributed by atoms with Crippen LogP contribution in [0.15, 0.2) is 22.7 Å². The summed E-state index contributed by atoms with van der Waals surface area (Å²) in [6.07, 6.45) is 1.84. The number of carbonyl (C=O) groups is 1. The molecular formula is C13H17BrO. The van der Waals surface area contributed by atoms with E-state index in [1.165, 1.54) is 0 Å². The molecule has 82 valence electrons. The molecule has 1 aromatic rings. The Balaban J connectivity index is 3.05. The summed E-state index contributed by atoms with van der Waals surface area (Å²) in [5, 5.41) is 0. The van der Waals surface area contributed by atoms with Crippen LogP contribution in [0.2, 0.25) is 0 Å². The van der Waals surface area contributed by atoms with E-state index in [-0.39, 0.29) is 11.7 Å². The van der Waals surface area contributed by atoms with Gasteiger partial charge >= 0.3 is 0 Å². The van der Waals surface area contributed by atoms with E-state index in [4.69, 9.17) is 0 Å². The van der Waals surface area contributed by atoms with Gasteiger partial charge in [-0.15, -0.1) is 0 Å². The summed E-state index contributed by atoms with van der Waals surface area (Å²) in [5.41, 5.74) is 1.91. The highest BCUT2D eigenvalue weighted by molar-refractivity contribution is 9.10. The number of benzene rings is 1. The fourth-order valence-corrected chi connectivity index (χ4v) is 2.12. The van der Waals surface area contributed by atoms with Crippen molar-refractivity contribution < 1.29 is 4.79 Å². The van der Waals surface area contributed by atoms with Gasteiger partial charge in [0, 0.05) is 16.0 Å². The van der Waals surface area contributed by atoms with Crippen LogP contribution in [-0.2, 0) is 0 Å². The summed E-state index contributed by atoms with van der Waals surface area (Å²) in [5.74, 6) is 0.441. The van der Waals surface area contributed by atoms with Gasteiger partial charge in [-0.3, -0.25) is 4.79 Å². The van der Waals surface area contributed by atoms with Gasteiger partial charge in [-0.25, -0.2) is 0 Å². The topological polar surface area (TPSA) is 17.1 Å². The zero-order valence-corrected chi connectivity index (χ0v) is 11.1. The standard InChI is InChI=1S/C13H17BrO/c1-4-10(5-2)13(15)11-7-6-8-12(14)9(11)3/h6-8,10H,4-5H2,1-3H3. The van der Waals surface area contributed by atoms with Gasteiger partial charge in [0.25, 0.3) is 0 Å². The number of halogens is 1. The Morgan fingerprint density at radius 2 is 1.93 bits per heavy atom. The maximum Gasteiger partial charge on any atom is 0.166 e. The first-order valence-electron chi connectivity index (χ1n) is 5.41. The Bertz CT molecular complexity index is 354. The summed E-state index contributed by atoms with van der Waals surface area (Å²) in [4.78, 5) is 12.2. The summed E-state index contributed by atoms with van der Waals surface area (Å²) >= 11 is 3.46. The third kappa shape index (κ3) is 2.69. The van der Waals surface area contributed by atoms with Crippen LogP contribution in [0.3, 0.4) is 0 Å². The van der Waals surface area contributed by atoms with Crippen molar-refractivity contribution in [2.24, 2.45) is 5.92 Å². The van der Waals surface area contributed by atoms with Crippen LogP contribution in [-0.4, -0.2) is 5.78 Å². The molecule has 0 aliphatic rings. The van der Waals surface area contributed by atoms with E-state index in [1.54, 1.807) is 0 Å². The Kier molecular flexibility index (Phi) is 4.52. The molecule has 0 radical (unpaired) electrons. The van der Waals surface area contributed by atoms with Crippen molar-refractivity contribution in [2.45, 2.75) is 33.6 Å². The molecule has 0 N–H and O–H groups in total. The van der Waals surface area contributed by atoms with Gasteiger partial charge < -0.3 is 0 Å². The number of hydrogen-bond acceptors (Lipinski definition) is 1. The molecule has 0 fully saturated rings. The molecular weight excluding hydrogens is 252 g/mol. The van der Waals surface area contributed by atoms with Crippen LogP contribution in [0.5, 0.6) is 0 Å². The fourth-order valence-electron chi connectivity index (χ4n) is 1.75. The van der Waals surface area contributed by atoms with Gasteiger partial charge in [0.05, 0.1) is 0 Å². The molecule has 0 atom stereocenters. The molecule has 0 amide bonds. The summed E-state index contributed by atoms with van der Waals surface area (Å²) in [6.45, 7) is 6.12. The quantitative estimate of drug-likeness (QED) is 0.741. The predicted octanol–water partition coefficient (Wildman–Crippen LogP) is 4.38. The highest BCUT2D eigenvalue weighted by Gasteiger charge is 2.18. The van der Waals surface area contributed by atoms with E-state index in [9.17, 15) is 4.79 Å². The van der Waals surface area contributed by atoms with E-state index in [2.05, 4.69) is 29.8 Å². The third-order valence-corrected chi connectivity index (χ3v) is 3.75.